The van der Waals surface area contributed by atoms with Gasteiger partial charge in [-0.05, 0) is 29.5 Å². The van der Waals surface area contributed by atoms with Gasteiger partial charge in [0.15, 0.2) is 0 Å². The van der Waals surface area contributed by atoms with Crippen molar-refractivity contribution in [3.8, 4) is 0 Å². The number of carbonyl (C=O) groups is 2. The largest absolute Gasteiger partial charge is 0.354 e. The molecular weight excluding hydrogens is 392 g/mol. The average Bonchev–Trinajstić information content (AvgIpc) is 2.61. The molecule has 2 aromatic rings. The molecule has 26 heavy (non-hydrogen) atoms. The lowest BCUT2D eigenvalue weighted by Crippen LogP contribution is -2.41. The Kier molecular flexibility index (Phi) is 7.85. The zero-order valence-electron chi connectivity index (χ0n) is 15.2. The summed E-state index contributed by atoms with van der Waals surface area (Å²) in [6.07, 6.45) is 1.11. The fourth-order valence-electron chi connectivity index (χ4n) is 2.66. The molecule has 2 rings (SSSR count). The van der Waals surface area contributed by atoms with Crippen LogP contribution < -0.4 is 10.6 Å². The standard InChI is InChI=1S/C21H25BrN2O2/c1-15(2)14-19(25)24-20(17-9-4-3-5-10-17)21(26)23-13-12-16-8-6-7-11-18(16)22/h3-11,15,20H,12-14H2,1-2H3,(H,23,26)(H,24,25). The molecular formula is C21H25BrN2O2. The quantitative estimate of drug-likeness (QED) is 0.682. The van der Waals surface area contributed by atoms with Gasteiger partial charge in [0.05, 0.1) is 0 Å². The molecule has 0 aliphatic carbocycles. The molecule has 0 fully saturated rings. The van der Waals surface area contributed by atoms with Gasteiger partial charge >= 0.3 is 0 Å². The molecule has 2 aromatic carbocycles. The summed E-state index contributed by atoms with van der Waals surface area (Å²) < 4.78 is 1.03. The Morgan fingerprint density at radius 1 is 1.00 bits per heavy atom. The lowest BCUT2D eigenvalue weighted by molar-refractivity contribution is -0.129. The van der Waals surface area contributed by atoms with Crippen LogP contribution in [-0.4, -0.2) is 18.4 Å². The fourth-order valence-corrected chi connectivity index (χ4v) is 3.14. The number of halogens is 1. The molecule has 0 bridgehead atoms. The summed E-state index contributed by atoms with van der Waals surface area (Å²) >= 11 is 3.52. The summed E-state index contributed by atoms with van der Waals surface area (Å²) in [6, 6.07) is 16.6. The van der Waals surface area contributed by atoms with Crippen molar-refractivity contribution in [3.05, 3.63) is 70.2 Å². The minimum Gasteiger partial charge on any atom is -0.354 e. The van der Waals surface area contributed by atoms with Crippen LogP contribution in [0.15, 0.2) is 59.1 Å². The zero-order valence-corrected chi connectivity index (χ0v) is 16.8. The van der Waals surface area contributed by atoms with Crippen molar-refractivity contribution in [3.63, 3.8) is 0 Å². The predicted molar refractivity (Wildman–Crippen MR) is 108 cm³/mol. The first-order valence-corrected chi connectivity index (χ1v) is 9.62. The van der Waals surface area contributed by atoms with E-state index in [2.05, 4.69) is 26.6 Å². The van der Waals surface area contributed by atoms with Crippen LogP contribution in [0, 0.1) is 5.92 Å². The van der Waals surface area contributed by atoms with Crippen molar-refractivity contribution in [2.24, 2.45) is 5.92 Å². The smallest absolute Gasteiger partial charge is 0.247 e. The first-order chi connectivity index (χ1) is 12.5. The molecule has 1 unspecified atom stereocenters. The van der Waals surface area contributed by atoms with Gasteiger partial charge in [0.25, 0.3) is 0 Å². The molecule has 2 N–H and O–H groups in total. The van der Waals surface area contributed by atoms with Gasteiger partial charge in [0, 0.05) is 17.4 Å². The molecule has 2 amide bonds. The van der Waals surface area contributed by atoms with Gasteiger partial charge < -0.3 is 10.6 Å². The summed E-state index contributed by atoms with van der Waals surface area (Å²) in [5, 5.41) is 5.81. The maximum Gasteiger partial charge on any atom is 0.247 e. The lowest BCUT2D eigenvalue weighted by Gasteiger charge is -2.19. The van der Waals surface area contributed by atoms with Gasteiger partial charge in [-0.2, -0.15) is 0 Å². The predicted octanol–water partition coefficient (Wildman–Crippen LogP) is 4.01. The van der Waals surface area contributed by atoms with Gasteiger partial charge in [-0.3, -0.25) is 9.59 Å². The lowest BCUT2D eigenvalue weighted by atomic mass is 10.0. The molecule has 0 saturated heterocycles. The van der Waals surface area contributed by atoms with Crippen molar-refractivity contribution in [1.82, 2.24) is 10.6 Å². The van der Waals surface area contributed by atoms with Crippen LogP contribution in [0.25, 0.3) is 0 Å². The van der Waals surface area contributed by atoms with Crippen LogP contribution in [0.1, 0.15) is 37.4 Å². The van der Waals surface area contributed by atoms with Crippen molar-refractivity contribution < 1.29 is 9.59 Å². The van der Waals surface area contributed by atoms with E-state index in [9.17, 15) is 9.59 Å². The average molecular weight is 417 g/mol. The van der Waals surface area contributed by atoms with E-state index in [4.69, 9.17) is 0 Å². The van der Waals surface area contributed by atoms with Crippen molar-refractivity contribution >= 4 is 27.7 Å². The minimum atomic E-state index is -0.679. The molecule has 0 aromatic heterocycles. The highest BCUT2D eigenvalue weighted by atomic mass is 79.9. The topological polar surface area (TPSA) is 58.2 Å². The maximum absolute atomic E-state index is 12.7. The Balaban J connectivity index is 2.01. The molecule has 4 nitrogen and oxygen atoms in total. The number of amides is 2. The highest BCUT2D eigenvalue weighted by molar-refractivity contribution is 9.10. The first-order valence-electron chi connectivity index (χ1n) is 8.82. The molecule has 0 aliphatic rings. The Bertz CT molecular complexity index is 732. The fraction of sp³-hybridized carbons (Fsp3) is 0.333. The van der Waals surface area contributed by atoms with Gasteiger partial charge in [0.1, 0.15) is 6.04 Å². The van der Waals surface area contributed by atoms with Gasteiger partial charge in [-0.25, -0.2) is 0 Å². The van der Waals surface area contributed by atoms with E-state index in [0.717, 1.165) is 15.6 Å². The van der Waals surface area contributed by atoms with E-state index in [-0.39, 0.29) is 17.7 Å². The number of benzene rings is 2. The minimum absolute atomic E-state index is 0.116. The third kappa shape index (κ3) is 6.30. The Morgan fingerprint density at radius 2 is 1.65 bits per heavy atom. The summed E-state index contributed by atoms with van der Waals surface area (Å²) in [6.45, 7) is 4.47. The third-order valence-electron chi connectivity index (χ3n) is 3.95. The van der Waals surface area contributed by atoms with Crippen LogP contribution in [0.5, 0.6) is 0 Å². The Morgan fingerprint density at radius 3 is 2.31 bits per heavy atom. The van der Waals surface area contributed by atoms with Gasteiger partial charge in [-0.15, -0.1) is 0 Å². The molecule has 0 aliphatic heterocycles. The second-order valence-electron chi connectivity index (χ2n) is 6.64. The van der Waals surface area contributed by atoms with Crippen molar-refractivity contribution in [2.75, 3.05) is 6.54 Å². The van der Waals surface area contributed by atoms with E-state index >= 15 is 0 Å². The highest BCUT2D eigenvalue weighted by Gasteiger charge is 2.22. The van der Waals surface area contributed by atoms with E-state index in [1.807, 2.05) is 68.4 Å². The van der Waals surface area contributed by atoms with Crippen molar-refractivity contribution in [2.45, 2.75) is 32.7 Å². The summed E-state index contributed by atoms with van der Waals surface area (Å²) in [5.74, 6) is -0.0694. The molecule has 138 valence electrons. The molecule has 0 saturated carbocycles. The second kappa shape index (κ2) is 10.1. The summed E-state index contributed by atoms with van der Waals surface area (Å²) in [7, 11) is 0. The number of carbonyl (C=O) groups excluding carboxylic acids is 2. The van der Waals surface area contributed by atoms with E-state index < -0.39 is 6.04 Å². The number of hydrogen-bond acceptors (Lipinski definition) is 2. The van der Waals surface area contributed by atoms with Crippen LogP contribution in [0.3, 0.4) is 0 Å². The normalized spacial score (nSPS) is 11.8. The third-order valence-corrected chi connectivity index (χ3v) is 4.72. The Labute approximate surface area is 163 Å². The SMILES string of the molecule is CC(C)CC(=O)NC(C(=O)NCCc1ccccc1Br)c1ccccc1. The summed E-state index contributed by atoms with van der Waals surface area (Å²) in [5.41, 5.74) is 1.91. The number of hydrogen-bond donors (Lipinski definition) is 2. The van der Waals surface area contributed by atoms with E-state index in [1.165, 1.54) is 0 Å². The van der Waals surface area contributed by atoms with Crippen LogP contribution in [-0.2, 0) is 16.0 Å². The summed E-state index contributed by atoms with van der Waals surface area (Å²) in [4.78, 5) is 24.9. The maximum atomic E-state index is 12.7. The van der Waals surface area contributed by atoms with E-state index in [1.54, 1.807) is 0 Å². The zero-order chi connectivity index (χ0) is 18.9. The molecule has 5 heteroatoms. The number of nitrogens with one attached hydrogen (secondary N) is 2. The van der Waals surface area contributed by atoms with Gasteiger partial charge in [0.2, 0.25) is 11.8 Å². The highest BCUT2D eigenvalue weighted by Crippen LogP contribution is 2.17. The monoisotopic (exact) mass is 416 g/mol. The van der Waals surface area contributed by atoms with E-state index in [0.29, 0.717) is 19.4 Å². The Hall–Kier alpha value is -2.14. The van der Waals surface area contributed by atoms with Crippen LogP contribution in [0.4, 0.5) is 0 Å². The van der Waals surface area contributed by atoms with Crippen molar-refractivity contribution in [1.29, 1.82) is 0 Å². The number of rotatable bonds is 8. The molecule has 0 heterocycles. The van der Waals surface area contributed by atoms with Crippen LogP contribution >= 0.6 is 15.9 Å². The second-order valence-corrected chi connectivity index (χ2v) is 7.50. The van der Waals surface area contributed by atoms with Gasteiger partial charge in [-0.1, -0.05) is 78.3 Å². The first kappa shape index (κ1) is 20.2. The van der Waals surface area contributed by atoms with Crippen LogP contribution in [0.2, 0.25) is 0 Å². The molecule has 0 spiro atoms. The molecule has 0 radical (unpaired) electrons. The molecule has 1 atom stereocenters.